The summed E-state index contributed by atoms with van der Waals surface area (Å²) in [7, 11) is 2.14. The fourth-order valence-electron chi connectivity index (χ4n) is 3.80. The maximum absolute atomic E-state index is 6.12. The van der Waals surface area contributed by atoms with Crippen LogP contribution in [-0.2, 0) is 11.3 Å². The van der Waals surface area contributed by atoms with E-state index in [1.807, 2.05) is 24.4 Å². The van der Waals surface area contributed by atoms with Crippen LogP contribution in [0.25, 0.3) is 0 Å². The Morgan fingerprint density at radius 3 is 2.89 bits per heavy atom. The van der Waals surface area contributed by atoms with Crippen LogP contribution in [0.2, 0.25) is 5.02 Å². The Kier molecular flexibility index (Phi) is 5.76. The van der Waals surface area contributed by atoms with Gasteiger partial charge in [0.05, 0.1) is 13.2 Å². The SMILES string of the molecule is CN(c1ccnc(N2CCOCC2)n1)C1CCN(Cc2cccc(Cl)c2)C1. The summed E-state index contributed by atoms with van der Waals surface area (Å²) in [6, 6.07) is 10.6. The molecule has 0 bridgehead atoms. The van der Waals surface area contributed by atoms with E-state index in [-0.39, 0.29) is 0 Å². The van der Waals surface area contributed by atoms with Crippen LogP contribution in [0.5, 0.6) is 0 Å². The molecule has 2 fully saturated rings. The zero-order valence-electron chi connectivity index (χ0n) is 15.7. The third kappa shape index (κ3) is 4.51. The van der Waals surface area contributed by atoms with Gasteiger partial charge >= 0.3 is 0 Å². The molecule has 1 unspecified atom stereocenters. The quantitative estimate of drug-likeness (QED) is 0.786. The Morgan fingerprint density at radius 2 is 2.07 bits per heavy atom. The molecule has 0 aliphatic carbocycles. The first-order valence-electron chi connectivity index (χ1n) is 9.54. The van der Waals surface area contributed by atoms with E-state index in [1.165, 1.54) is 5.56 Å². The molecule has 0 N–H and O–H groups in total. The normalized spacial score (nSPS) is 20.8. The minimum atomic E-state index is 0.455. The maximum Gasteiger partial charge on any atom is 0.227 e. The van der Waals surface area contributed by atoms with Gasteiger partial charge in [-0.2, -0.15) is 4.98 Å². The summed E-state index contributed by atoms with van der Waals surface area (Å²) in [6.07, 6.45) is 3.00. The first-order chi connectivity index (χ1) is 13.2. The Morgan fingerprint density at radius 1 is 1.22 bits per heavy atom. The van der Waals surface area contributed by atoms with Crippen LogP contribution in [0, 0.1) is 0 Å². The average molecular weight is 388 g/mol. The molecule has 7 heteroatoms. The van der Waals surface area contributed by atoms with Gasteiger partial charge in [-0.15, -0.1) is 0 Å². The molecule has 2 saturated heterocycles. The molecule has 2 aromatic rings. The summed E-state index contributed by atoms with van der Waals surface area (Å²) in [4.78, 5) is 16.2. The molecule has 0 saturated carbocycles. The van der Waals surface area contributed by atoms with Crippen molar-refractivity contribution in [1.82, 2.24) is 14.9 Å². The van der Waals surface area contributed by atoms with Crippen molar-refractivity contribution < 1.29 is 4.74 Å². The molecule has 2 aliphatic rings. The highest BCUT2D eigenvalue weighted by atomic mass is 35.5. The molecular weight excluding hydrogens is 362 g/mol. The van der Waals surface area contributed by atoms with E-state index in [1.54, 1.807) is 0 Å². The van der Waals surface area contributed by atoms with Crippen molar-refractivity contribution in [2.75, 3.05) is 56.2 Å². The molecule has 1 aromatic carbocycles. The predicted molar refractivity (Wildman–Crippen MR) is 109 cm³/mol. The van der Waals surface area contributed by atoms with Crippen LogP contribution in [0.15, 0.2) is 36.5 Å². The topological polar surface area (TPSA) is 44.7 Å². The van der Waals surface area contributed by atoms with Crippen molar-refractivity contribution in [2.24, 2.45) is 0 Å². The third-order valence-electron chi connectivity index (χ3n) is 5.37. The van der Waals surface area contributed by atoms with E-state index in [2.05, 4.69) is 38.9 Å². The number of likely N-dealkylation sites (N-methyl/N-ethyl adjacent to an activating group) is 1. The zero-order valence-corrected chi connectivity index (χ0v) is 16.5. The van der Waals surface area contributed by atoms with E-state index in [4.69, 9.17) is 21.3 Å². The third-order valence-corrected chi connectivity index (χ3v) is 5.61. The van der Waals surface area contributed by atoms with Crippen LogP contribution in [0.3, 0.4) is 0 Å². The van der Waals surface area contributed by atoms with Gasteiger partial charge in [-0.3, -0.25) is 4.90 Å². The van der Waals surface area contributed by atoms with Gasteiger partial charge in [-0.25, -0.2) is 4.98 Å². The van der Waals surface area contributed by atoms with Crippen LogP contribution in [-0.4, -0.2) is 67.4 Å². The second-order valence-electron chi connectivity index (χ2n) is 7.23. The van der Waals surface area contributed by atoms with Crippen LogP contribution in [0.1, 0.15) is 12.0 Å². The fourth-order valence-corrected chi connectivity index (χ4v) is 4.02. The number of ether oxygens (including phenoxy) is 1. The van der Waals surface area contributed by atoms with Crippen molar-refractivity contribution >= 4 is 23.4 Å². The summed E-state index contributed by atoms with van der Waals surface area (Å²) >= 11 is 6.12. The van der Waals surface area contributed by atoms with Crippen molar-refractivity contribution in [1.29, 1.82) is 0 Å². The van der Waals surface area contributed by atoms with Crippen molar-refractivity contribution in [3.05, 3.63) is 47.1 Å². The lowest BCUT2D eigenvalue weighted by molar-refractivity contribution is 0.122. The van der Waals surface area contributed by atoms with Gasteiger partial charge < -0.3 is 14.5 Å². The average Bonchev–Trinajstić information content (AvgIpc) is 3.16. The summed E-state index contributed by atoms with van der Waals surface area (Å²) in [5, 5.41) is 0.803. The zero-order chi connectivity index (χ0) is 18.6. The smallest absolute Gasteiger partial charge is 0.227 e. The molecule has 0 amide bonds. The molecule has 1 atom stereocenters. The molecule has 144 valence electrons. The molecule has 6 nitrogen and oxygen atoms in total. The van der Waals surface area contributed by atoms with Gasteiger partial charge in [0.1, 0.15) is 5.82 Å². The van der Waals surface area contributed by atoms with E-state index < -0.39 is 0 Å². The van der Waals surface area contributed by atoms with Gasteiger partial charge in [0, 0.05) is 57.0 Å². The summed E-state index contributed by atoms with van der Waals surface area (Å²) in [6.45, 7) is 6.24. The summed E-state index contributed by atoms with van der Waals surface area (Å²) in [5.41, 5.74) is 1.27. The van der Waals surface area contributed by atoms with E-state index in [0.717, 1.165) is 69.1 Å². The second kappa shape index (κ2) is 8.42. The monoisotopic (exact) mass is 387 g/mol. The highest BCUT2D eigenvalue weighted by Crippen LogP contribution is 2.23. The molecule has 1 aromatic heterocycles. The lowest BCUT2D eigenvalue weighted by atomic mass is 10.2. The number of hydrogen-bond acceptors (Lipinski definition) is 6. The largest absolute Gasteiger partial charge is 0.378 e. The molecule has 3 heterocycles. The number of hydrogen-bond donors (Lipinski definition) is 0. The molecule has 0 spiro atoms. The number of anilines is 2. The highest BCUT2D eigenvalue weighted by Gasteiger charge is 2.27. The molecule has 0 radical (unpaired) electrons. The van der Waals surface area contributed by atoms with Crippen LogP contribution < -0.4 is 9.80 Å². The Bertz CT molecular complexity index is 768. The number of benzene rings is 1. The van der Waals surface area contributed by atoms with Crippen molar-refractivity contribution in [2.45, 2.75) is 19.0 Å². The first kappa shape index (κ1) is 18.5. The number of halogens is 1. The Balaban J connectivity index is 1.39. The summed E-state index contributed by atoms with van der Waals surface area (Å²) in [5.74, 6) is 1.79. The van der Waals surface area contributed by atoms with Gasteiger partial charge in [0.15, 0.2) is 0 Å². The van der Waals surface area contributed by atoms with Crippen molar-refractivity contribution in [3.8, 4) is 0 Å². The van der Waals surface area contributed by atoms with Gasteiger partial charge in [0.2, 0.25) is 5.95 Å². The Hall–Kier alpha value is -1.89. The number of nitrogens with zero attached hydrogens (tertiary/aromatic N) is 5. The number of morpholine rings is 1. The van der Waals surface area contributed by atoms with Crippen LogP contribution >= 0.6 is 11.6 Å². The molecule has 4 rings (SSSR count). The van der Waals surface area contributed by atoms with Crippen LogP contribution in [0.4, 0.5) is 11.8 Å². The minimum Gasteiger partial charge on any atom is -0.378 e. The standard InChI is InChI=1S/C20H26ClN5O/c1-24(19-5-7-22-20(23-19)26-9-11-27-12-10-26)18-6-8-25(15-18)14-16-3-2-4-17(21)13-16/h2-5,7,13,18H,6,8-12,14-15H2,1H3. The first-order valence-corrected chi connectivity index (χ1v) is 9.92. The van der Waals surface area contributed by atoms with Crippen molar-refractivity contribution in [3.63, 3.8) is 0 Å². The Labute approximate surface area is 165 Å². The van der Waals surface area contributed by atoms with E-state index in [9.17, 15) is 0 Å². The maximum atomic E-state index is 6.12. The summed E-state index contributed by atoms with van der Waals surface area (Å²) < 4.78 is 5.43. The number of likely N-dealkylation sites (tertiary alicyclic amines) is 1. The minimum absolute atomic E-state index is 0.455. The lowest BCUT2D eigenvalue weighted by Crippen LogP contribution is -2.38. The van der Waals surface area contributed by atoms with Gasteiger partial charge in [0.25, 0.3) is 0 Å². The van der Waals surface area contributed by atoms with E-state index in [0.29, 0.717) is 6.04 Å². The second-order valence-corrected chi connectivity index (χ2v) is 7.67. The fraction of sp³-hybridized carbons (Fsp3) is 0.500. The van der Waals surface area contributed by atoms with E-state index >= 15 is 0 Å². The predicted octanol–water partition coefficient (Wildman–Crippen LogP) is 2.68. The number of rotatable bonds is 5. The number of aromatic nitrogens is 2. The van der Waals surface area contributed by atoms with Gasteiger partial charge in [-0.05, 0) is 30.2 Å². The highest BCUT2D eigenvalue weighted by molar-refractivity contribution is 6.30. The lowest BCUT2D eigenvalue weighted by Gasteiger charge is -2.29. The molecule has 27 heavy (non-hydrogen) atoms. The molecular formula is C20H26ClN5O. The van der Waals surface area contributed by atoms with Gasteiger partial charge in [-0.1, -0.05) is 23.7 Å². The molecule has 2 aliphatic heterocycles.